The van der Waals surface area contributed by atoms with Crippen LogP contribution in [-0.4, -0.2) is 64.0 Å². The lowest BCUT2D eigenvalue weighted by molar-refractivity contribution is 0.0916. The predicted molar refractivity (Wildman–Crippen MR) is 92.8 cm³/mol. The van der Waals surface area contributed by atoms with Crippen LogP contribution in [0.5, 0.6) is 0 Å². The largest absolute Gasteiger partial charge is 0.378 e. The number of amides is 1. The number of hydrogen-bond donors (Lipinski definition) is 1. The average molecular weight is 341 g/mol. The predicted octanol–water partition coefficient (Wildman–Crippen LogP) is 1.17. The zero-order valence-electron chi connectivity index (χ0n) is 14.4. The van der Waals surface area contributed by atoms with Crippen molar-refractivity contribution in [2.75, 3.05) is 26.3 Å². The van der Waals surface area contributed by atoms with Gasteiger partial charge in [-0.3, -0.25) is 9.69 Å². The summed E-state index contributed by atoms with van der Waals surface area (Å²) in [6.45, 7) is 5.34. The zero-order chi connectivity index (χ0) is 17.2. The van der Waals surface area contributed by atoms with Crippen LogP contribution in [0.3, 0.4) is 0 Å². The topological polar surface area (TPSA) is 72.3 Å². The maximum atomic E-state index is 12.8. The highest BCUT2D eigenvalue weighted by atomic mass is 16.5. The molecular weight excluding hydrogens is 318 g/mol. The molecule has 132 valence electrons. The summed E-state index contributed by atoms with van der Waals surface area (Å²) in [5.41, 5.74) is 1.37. The van der Waals surface area contributed by atoms with Gasteiger partial charge in [-0.1, -0.05) is 6.07 Å². The number of carbonyl (C=O) groups excluding carboxylic acids is 1. The maximum Gasteiger partial charge on any atom is 0.255 e. The number of rotatable bonds is 4. The summed E-state index contributed by atoms with van der Waals surface area (Å²) in [6.07, 6.45) is 5.78. The van der Waals surface area contributed by atoms with Crippen molar-refractivity contribution in [2.45, 2.75) is 31.8 Å². The Morgan fingerprint density at radius 2 is 2.12 bits per heavy atom. The first-order valence-electron chi connectivity index (χ1n) is 8.83. The first-order chi connectivity index (χ1) is 12.2. The summed E-state index contributed by atoms with van der Waals surface area (Å²) >= 11 is 0. The Morgan fingerprint density at radius 3 is 2.88 bits per heavy atom. The Balaban J connectivity index is 1.49. The number of nitrogens with zero attached hydrogens (tertiary/aromatic N) is 4. The van der Waals surface area contributed by atoms with Crippen molar-refractivity contribution >= 4 is 5.91 Å². The number of pyridine rings is 1. The fourth-order valence-electron chi connectivity index (χ4n) is 3.70. The molecular formula is C18H23N5O2. The van der Waals surface area contributed by atoms with Gasteiger partial charge >= 0.3 is 0 Å². The molecule has 2 aliphatic rings. The van der Waals surface area contributed by atoms with Gasteiger partial charge in [-0.05, 0) is 45.0 Å². The van der Waals surface area contributed by atoms with Gasteiger partial charge in [0.1, 0.15) is 0 Å². The van der Waals surface area contributed by atoms with Crippen molar-refractivity contribution in [3.05, 3.63) is 41.9 Å². The van der Waals surface area contributed by atoms with Crippen molar-refractivity contribution in [3.8, 4) is 5.82 Å². The zero-order valence-corrected chi connectivity index (χ0v) is 14.4. The molecule has 0 spiro atoms. The third kappa shape index (κ3) is 3.17. The number of aromatic nitrogens is 3. The van der Waals surface area contributed by atoms with Crippen molar-refractivity contribution in [1.29, 1.82) is 0 Å². The van der Waals surface area contributed by atoms with Crippen LogP contribution in [0.25, 0.3) is 5.82 Å². The molecule has 4 heterocycles. The highest BCUT2D eigenvalue weighted by Gasteiger charge is 2.35. The molecule has 0 aliphatic carbocycles. The van der Waals surface area contributed by atoms with E-state index in [9.17, 15) is 4.79 Å². The molecule has 2 atom stereocenters. The standard InChI is InChI=1S/C18H23N5O2/c1-13-14(10-20-23(13)17-6-2-3-7-19-17)18(24)21-15-11-25-12-16(15)22-8-4-5-9-22/h2-3,6-7,10,15-16H,4-5,8-9,11-12H2,1H3,(H,21,24)/t15-,16-/m1/s1. The van der Waals surface area contributed by atoms with Gasteiger partial charge < -0.3 is 10.1 Å². The van der Waals surface area contributed by atoms with E-state index in [1.807, 2.05) is 25.1 Å². The minimum atomic E-state index is -0.0978. The number of hydrogen-bond acceptors (Lipinski definition) is 5. The van der Waals surface area contributed by atoms with E-state index in [1.54, 1.807) is 17.1 Å². The molecule has 2 aromatic rings. The van der Waals surface area contributed by atoms with E-state index in [-0.39, 0.29) is 18.0 Å². The minimum absolute atomic E-state index is 0.0307. The quantitative estimate of drug-likeness (QED) is 0.904. The second-order valence-electron chi connectivity index (χ2n) is 6.67. The minimum Gasteiger partial charge on any atom is -0.378 e. The van der Waals surface area contributed by atoms with E-state index >= 15 is 0 Å². The van der Waals surface area contributed by atoms with Gasteiger partial charge in [-0.15, -0.1) is 0 Å². The Labute approximate surface area is 147 Å². The fraction of sp³-hybridized carbons (Fsp3) is 0.500. The number of ether oxygens (including phenoxy) is 1. The fourth-order valence-corrected chi connectivity index (χ4v) is 3.70. The van der Waals surface area contributed by atoms with E-state index in [0.29, 0.717) is 24.6 Å². The molecule has 2 fully saturated rings. The highest BCUT2D eigenvalue weighted by Crippen LogP contribution is 2.20. The van der Waals surface area contributed by atoms with Gasteiger partial charge in [0.25, 0.3) is 5.91 Å². The Bertz CT molecular complexity index is 739. The maximum absolute atomic E-state index is 12.8. The first kappa shape index (κ1) is 16.2. The first-order valence-corrected chi connectivity index (χ1v) is 8.83. The Kier molecular flexibility index (Phi) is 4.50. The third-order valence-electron chi connectivity index (χ3n) is 5.10. The summed E-state index contributed by atoms with van der Waals surface area (Å²) in [7, 11) is 0. The lowest BCUT2D eigenvalue weighted by atomic mass is 10.1. The highest BCUT2D eigenvalue weighted by molar-refractivity contribution is 5.95. The van der Waals surface area contributed by atoms with Gasteiger partial charge in [-0.2, -0.15) is 5.10 Å². The smallest absolute Gasteiger partial charge is 0.255 e. The van der Waals surface area contributed by atoms with Crippen LogP contribution in [0.15, 0.2) is 30.6 Å². The number of carbonyl (C=O) groups is 1. The van der Waals surface area contributed by atoms with E-state index in [0.717, 1.165) is 18.8 Å². The van der Waals surface area contributed by atoms with Crippen molar-refractivity contribution in [2.24, 2.45) is 0 Å². The van der Waals surface area contributed by atoms with Crippen LogP contribution in [0.4, 0.5) is 0 Å². The molecule has 2 saturated heterocycles. The van der Waals surface area contributed by atoms with Gasteiger partial charge in [-0.25, -0.2) is 9.67 Å². The van der Waals surface area contributed by atoms with Crippen LogP contribution in [0.2, 0.25) is 0 Å². The van der Waals surface area contributed by atoms with Crippen LogP contribution in [-0.2, 0) is 4.74 Å². The molecule has 25 heavy (non-hydrogen) atoms. The summed E-state index contributed by atoms with van der Waals surface area (Å²) in [6, 6.07) is 5.94. The molecule has 1 amide bonds. The average Bonchev–Trinajstić information content (AvgIpc) is 3.35. The van der Waals surface area contributed by atoms with Gasteiger partial charge in [0.2, 0.25) is 0 Å². The van der Waals surface area contributed by atoms with Crippen LogP contribution >= 0.6 is 0 Å². The van der Waals surface area contributed by atoms with E-state index < -0.39 is 0 Å². The van der Waals surface area contributed by atoms with Crippen molar-refractivity contribution in [1.82, 2.24) is 25.0 Å². The van der Waals surface area contributed by atoms with Gasteiger partial charge in [0, 0.05) is 6.20 Å². The summed E-state index contributed by atoms with van der Waals surface area (Å²) < 4.78 is 7.33. The monoisotopic (exact) mass is 341 g/mol. The molecule has 0 radical (unpaired) electrons. The van der Waals surface area contributed by atoms with Crippen molar-refractivity contribution < 1.29 is 9.53 Å². The van der Waals surface area contributed by atoms with Crippen LogP contribution < -0.4 is 5.32 Å². The molecule has 4 rings (SSSR count). The summed E-state index contributed by atoms with van der Waals surface area (Å²) in [4.78, 5) is 19.5. The number of nitrogens with one attached hydrogen (secondary N) is 1. The Morgan fingerprint density at radius 1 is 1.28 bits per heavy atom. The Hall–Kier alpha value is -2.25. The molecule has 7 heteroatoms. The second kappa shape index (κ2) is 6.93. The van der Waals surface area contributed by atoms with Crippen molar-refractivity contribution in [3.63, 3.8) is 0 Å². The lowest BCUT2D eigenvalue weighted by Gasteiger charge is -2.27. The van der Waals surface area contributed by atoms with Gasteiger partial charge in [0.05, 0.1) is 42.8 Å². The molecule has 1 N–H and O–H groups in total. The molecule has 7 nitrogen and oxygen atoms in total. The SMILES string of the molecule is Cc1c(C(=O)N[C@@H]2COC[C@H]2N2CCCC2)cnn1-c1ccccn1. The van der Waals surface area contributed by atoms with Crippen LogP contribution in [0, 0.1) is 6.92 Å². The van der Waals surface area contributed by atoms with E-state index in [2.05, 4.69) is 20.3 Å². The number of likely N-dealkylation sites (tertiary alicyclic amines) is 1. The summed E-state index contributed by atoms with van der Waals surface area (Å²) in [5.74, 6) is 0.609. The summed E-state index contributed by atoms with van der Waals surface area (Å²) in [5, 5.41) is 7.48. The lowest BCUT2D eigenvalue weighted by Crippen LogP contribution is -2.50. The molecule has 0 unspecified atom stereocenters. The molecule has 0 bridgehead atoms. The van der Waals surface area contributed by atoms with E-state index in [1.165, 1.54) is 12.8 Å². The second-order valence-corrected chi connectivity index (χ2v) is 6.67. The molecule has 0 aromatic carbocycles. The molecule has 2 aromatic heterocycles. The molecule has 2 aliphatic heterocycles. The molecule has 0 saturated carbocycles. The normalized spacial score (nSPS) is 23.9. The van der Waals surface area contributed by atoms with Gasteiger partial charge in [0.15, 0.2) is 5.82 Å². The van der Waals surface area contributed by atoms with E-state index in [4.69, 9.17) is 4.74 Å². The third-order valence-corrected chi connectivity index (χ3v) is 5.10. The van der Waals surface area contributed by atoms with Crippen LogP contribution in [0.1, 0.15) is 28.9 Å².